The smallest absolute Gasteiger partial charge is 0.252 e. The molecule has 0 radical (unpaired) electrons. The van der Waals surface area contributed by atoms with Gasteiger partial charge in [0.15, 0.2) is 17.3 Å². The molecule has 35 heavy (non-hydrogen) atoms. The Morgan fingerprint density at radius 1 is 1.00 bits per heavy atom. The molecular formula is C24H27FN6O4. The Hall–Kier alpha value is -3.83. The zero-order chi connectivity index (χ0) is 24.8. The number of H-pyrrole nitrogens is 1. The second-order valence-electron chi connectivity index (χ2n) is 8.00. The van der Waals surface area contributed by atoms with E-state index in [-0.39, 0.29) is 11.4 Å². The molecule has 2 heterocycles. The van der Waals surface area contributed by atoms with Crippen LogP contribution >= 0.6 is 0 Å². The predicted octanol–water partition coefficient (Wildman–Crippen LogP) is 2.52. The predicted molar refractivity (Wildman–Crippen MR) is 127 cm³/mol. The second kappa shape index (κ2) is 11.1. The molecule has 0 atom stereocenters. The number of hydrogen-bond donors (Lipinski definition) is 1. The fourth-order valence-electron chi connectivity index (χ4n) is 3.84. The second-order valence-corrected chi connectivity index (χ2v) is 8.00. The van der Waals surface area contributed by atoms with Crippen LogP contribution in [0.4, 0.5) is 4.39 Å². The van der Waals surface area contributed by atoms with Crippen molar-refractivity contribution < 1.29 is 18.6 Å². The first-order chi connectivity index (χ1) is 17.0. The van der Waals surface area contributed by atoms with Crippen LogP contribution in [0.25, 0.3) is 10.9 Å². The van der Waals surface area contributed by atoms with Crippen molar-refractivity contribution in [2.24, 2.45) is 0 Å². The Kier molecular flexibility index (Phi) is 7.68. The van der Waals surface area contributed by atoms with Crippen molar-refractivity contribution in [2.75, 3.05) is 27.9 Å². The number of hydrogen-bond acceptors (Lipinski definition) is 8. The van der Waals surface area contributed by atoms with E-state index in [1.54, 1.807) is 44.2 Å². The number of aromatic amines is 1. The largest absolute Gasteiger partial charge is 0.493 e. The standard InChI is InChI=1S/C24H27FN6O4/c1-33-9-8-31-23(27-28-29-31)15-30(13-16-4-6-19(25)7-5-16)14-18-10-17-11-21(34-2)22(35-3)12-20(17)26-24(18)32/h4-7,10-12H,8-9,13-15H2,1-3H3,(H,26,32). The number of ether oxygens (including phenoxy) is 3. The number of tetrazole rings is 1. The molecule has 0 unspecified atom stereocenters. The summed E-state index contributed by atoms with van der Waals surface area (Å²) >= 11 is 0. The Balaban J connectivity index is 1.66. The molecule has 10 nitrogen and oxygen atoms in total. The first-order valence-corrected chi connectivity index (χ1v) is 11.0. The van der Waals surface area contributed by atoms with Gasteiger partial charge in [0.1, 0.15) is 5.82 Å². The minimum Gasteiger partial charge on any atom is -0.493 e. The molecule has 0 bridgehead atoms. The number of pyridine rings is 1. The van der Waals surface area contributed by atoms with E-state index in [0.29, 0.717) is 61.2 Å². The lowest BCUT2D eigenvalue weighted by Crippen LogP contribution is -2.28. The summed E-state index contributed by atoms with van der Waals surface area (Å²) in [6, 6.07) is 11.7. The number of rotatable bonds is 11. The van der Waals surface area contributed by atoms with Crippen LogP contribution in [0.1, 0.15) is 17.0 Å². The maximum atomic E-state index is 13.4. The third-order valence-electron chi connectivity index (χ3n) is 5.62. The van der Waals surface area contributed by atoms with Gasteiger partial charge in [-0.3, -0.25) is 9.69 Å². The summed E-state index contributed by atoms with van der Waals surface area (Å²) < 4.78 is 31.0. The van der Waals surface area contributed by atoms with Crippen LogP contribution in [-0.2, 0) is 30.9 Å². The van der Waals surface area contributed by atoms with Gasteiger partial charge in [0.05, 0.1) is 39.4 Å². The molecule has 1 N–H and O–H groups in total. The summed E-state index contributed by atoms with van der Waals surface area (Å²) in [5.74, 6) is 1.43. The summed E-state index contributed by atoms with van der Waals surface area (Å²) in [7, 11) is 4.72. The lowest BCUT2D eigenvalue weighted by Gasteiger charge is -2.22. The van der Waals surface area contributed by atoms with E-state index in [4.69, 9.17) is 14.2 Å². The van der Waals surface area contributed by atoms with E-state index in [1.807, 2.05) is 17.0 Å². The fraction of sp³-hybridized carbons (Fsp3) is 0.333. The maximum Gasteiger partial charge on any atom is 0.252 e. The van der Waals surface area contributed by atoms with Crippen molar-refractivity contribution in [3.8, 4) is 11.5 Å². The van der Waals surface area contributed by atoms with Gasteiger partial charge in [-0.2, -0.15) is 0 Å². The van der Waals surface area contributed by atoms with Gasteiger partial charge in [-0.05, 0) is 40.3 Å². The molecule has 0 aliphatic rings. The lowest BCUT2D eigenvalue weighted by atomic mass is 10.1. The summed E-state index contributed by atoms with van der Waals surface area (Å²) in [4.78, 5) is 17.9. The SMILES string of the molecule is COCCn1nnnc1CN(Cc1ccc(F)cc1)Cc1cc2cc(OC)c(OC)cc2[nH]c1=O. The molecule has 0 amide bonds. The molecule has 0 saturated carbocycles. The van der Waals surface area contributed by atoms with Gasteiger partial charge in [0, 0.05) is 37.2 Å². The number of aromatic nitrogens is 5. The minimum absolute atomic E-state index is 0.215. The number of methoxy groups -OCH3 is 3. The molecule has 2 aromatic heterocycles. The molecular weight excluding hydrogens is 455 g/mol. The van der Waals surface area contributed by atoms with Crippen LogP contribution < -0.4 is 15.0 Å². The third kappa shape index (κ3) is 5.81. The molecule has 0 saturated heterocycles. The molecule has 0 fully saturated rings. The van der Waals surface area contributed by atoms with Crippen LogP contribution in [-0.4, -0.2) is 58.0 Å². The van der Waals surface area contributed by atoms with E-state index in [2.05, 4.69) is 20.5 Å². The van der Waals surface area contributed by atoms with Gasteiger partial charge in [-0.1, -0.05) is 12.1 Å². The summed E-state index contributed by atoms with van der Waals surface area (Å²) in [6.45, 7) is 2.11. The van der Waals surface area contributed by atoms with Crippen molar-refractivity contribution in [1.29, 1.82) is 0 Å². The number of fused-ring (bicyclic) bond motifs is 1. The number of halogens is 1. The van der Waals surface area contributed by atoms with Gasteiger partial charge in [0.2, 0.25) is 0 Å². The van der Waals surface area contributed by atoms with E-state index >= 15 is 0 Å². The van der Waals surface area contributed by atoms with Crippen molar-refractivity contribution in [2.45, 2.75) is 26.2 Å². The molecule has 0 aliphatic heterocycles. The topological polar surface area (TPSA) is 107 Å². The van der Waals surface area contributed by atoms with Gasteiger partial charge >= 0.3 is 0 Å². The van der Waals surface area contributed by atoms with Crippen LogP contribution in [0.15, 0.2) is 47.3 Å². The van der Waals surface area contributed by atoms with E-state index in [1.165, 1.54) is 12.1 Å². The Labute approximate surface area is 201 Å². The minimum atomic E-state index is -0.306. The quantitative estimate of drug-likeness (QED) is 0.348. The van der Waals surface area contributed by atoms with Crippen molar-refractivity contribution in [1.82, 2.24) is 30.1 Å². The fourth-order valence-corrected chi connectivity index (χ4v) is 3.84. The maximum absolute atomic E-state index is 13.4. The number of nitrogens with zero attached hydrogens (tertiary/aromatic N) is 5. The Morgan fingerprint density at radius 2 is 1.74 bits per heavy atom. The average molecular weight is 483 g/mol. The van der Waals surface area contributed by atoms with E-state index < -0.39 is 0 Å². The van der Waals surface area contributed by atoms with Gasteiger partial charge in [-0.25, -0.2) is 9.07 Å². The highest BCUT2D eigenvalue weighted by Crippen LogP contribution is 2.31. The number of benzene rings is 2. The average Bonchev–Trinajstić information content (AvgIpc) is 3.30. The normalized spacial score (nSPS) is 11.3. The van der Waals surface area contributed by atoms with Crippen LogP contribution in [0, 0.1) is 5.82 Å². The first kappa shape index (κ1) is 24.3. The summed E-state index contributed by atoms with van der Waals surface area (Å²) in [5.41, 5.74) is 1.88. The molecule has 0 spiro atoms. The van der Waals surface area contributed by atoms with E-state index in [9.17, 15) is 9.18 Å². The van der Waals surface area contributed by atoms with Gasteiger partial charge in [0.25, 0.3) is 5.56 Å². The molecule has 4 aromatic rings. The molecule has 4 rings (SSSR count). The van der Waals surface area contributed by atoms with Crippen LogP contribution in [0.5, 0.6) is 11.5 Å². The van der Waals surface area contributed by atoms with Crippen molar-refractivity contribution >= 4 is 10.9 Å². The van der Waals surface area contributed by atoms with Crippen LogP contribution in [0.2, 0.25) is 0 Å². The van der Waals surface area contributed by atoms with Crippen molar-refractivity contribution in [3.63, 3.8) is 0 Å². The van der Waals surface area contributed by atoms with Gasteiger partial charge in [-0.15, -0.1) is 5.10 Å². The molecule has 11 heteroatoms. The van der Waals surface area contributed by atoms with Gasteiger partial charge < -0.3 is 19.2 Å². The summed E-state index contributed by atoms with van der Waals surface area (Å²) in [5, 5.41) is 12.8. The molecule has 2 aromatic carbocycles. The highest BCUT2D eigenvalue weighted by atomic mass is 19.1. The van der Waals surface area contributed by atoms with Crippen LogP contribution in [0.3, 0.4) is 0 Å². The Bertz CT molecular complexity index is 1340. The Morgan fingerprint density at radius 3 is 2.46 bits per heavy atom. The van der Waals surface area contributed by atoms with E-state index in [0.717, 1.165) is 10.9 Å². The molecule has 184 valence electrons. The lowest BCUT2D eigenvalue weighted by molar-refractivity contribution is 0.177. The number of nitrogens with one attached hydrogen (secondary N) is 1. The third-order valence-corrected chi connectivity index (χ3v) is 5.62. The molecule has 0 aliphatic carbocycles. The monoisotopic (exact) mass is 482 g/mol. The summed E-state index contributed by atoms with van der Waals surface area (Å²) in [6.07, 6.45) is 0. The zero-order valence-corrected chi connectivity index (χ0v) is 19.8. The first-order valence-electron chi connectivity index (χ1n) is 11.0. The highest BCUT2D eigenvalue weighted by molar-refractivity contribution is 5.83. The zero-order valence-electron chi connectivity index (χ0n) is 19.8. The highest BCUT2D eigenvalue weighted by Gasteiger charge is 2.17. The van der Waals surface area contributed by atoms with Crippen molar-refractivity contribution in [3.05, 3.63) is 75.6 Å².